The van der Waals surface area contributed by atoms with E-state index in [1.807, 2.05) is 127 Å². The molecule has 3 aliphatic rings. The first-order valence-electron chi connectivity index (χ1n) is 37.6. The molecule has 23 heteroatoms. The van der Waals surface area contributed by atoms with Crippen LogP contribution in [0.25, 0.3) is 43.4 Å². The minimum absolute atomic E-state index is 0.0612. The molecule has 10 aromatic carbocycles. The van der Waals surface area contributed by atoms with Gasteiger partial charge in [-0.1, -0.05) is 255 Å². The molecule has 2 saturated heterocycles. The Balaban J connectivity index is 0.000000158. The van der Waals surface area contributed by atoms with Crippen LogP contribution in [0.4, 0.5) is 19.2 Å². The van der Waals surface area contributed by atoms with Gasteiger partial charge in [-0.25, -0.2) is 39.1 Å². The minimum atomic E-state index is -0.801. The Morgan fingerprint density at radius 2 is 0.836 bits per heavy atom. The first-order valence-corrected chi connectivity index (χ1v) is 37.6. The zero-order valence-electron chi connectivity index (χ0n) is 63.0. The van der Waals surface area contributed by atoms with Crippen molar-refractivity contribution in [2.75, 3.05) is 59.4 Å². The van der Waals surface area contributed by atoms with Crippen molar-refractivity contribution in [2.45, 2.75) is 96.7 Å². The van der Waals surface area contributed by atoms with Gasteiger partial charge in [-0.3, -0.25) is 31.1 Å². The quantitative estimate of drug-likeness (QED) is 0.0300. The zero-order valence-corrected chi connectivity index (χ0v) is 63.0. The lowest BCUT2D eigenvalue weighted by atomic mass is 9.85. The van der Waals surface area contributed by atoms with Gasteiger partial charge in [0.25, 0.3) is 0 Å². The molecule has 23 nitrogen and oxygen atoms in total. The lowest BCUT2D eigenvalue weighted by molar-refractivity contribution is 0.00730. The Hall–Kier alpha value is -12.2. The molecule has 0 radical (unpaired) electrons. The standard InChI is InChI=1S/C27H33N5O.C24H27N5O.C20H26N4O2.C16H18N4O/c1-20-9-11-22(12-10-20)19-32-15-13-21(14-16-32)17-30-27(33)31-26(28)29-18-24-7-4-6-23-5-2-3-8-25(23)24;25-23(26-17-21-11-6-10-20-9-4-5-12-22(20)21)27-24(30)29-15-13-28(14-16-29)18-19-7-2-1-3-8-19;21-18(24-19(25)23-14-20(26)11-4-1-5-12-20)22-13-16-9-6-8-15-7-2-3-10-17(15)16;1-18-16(21)20-15(17)19-11-12-6-5-9-14(10-12)13-7-3-2-4-8-13/h2-12,21H,13-19H2,1H3,(H4,28,29,30,31,33);1-12H,13-18H2,(H3,25,26,27,30);2-3,6-10,26H,1,4-5,11-14H2,(H4,21,22,23,24,25);2-10H,11H2,1H3,(H4,17,18,19,20,21). The first kappa shape index (κ1) is 80.4. The van der Waals surface area contributed by atoms with E-state index in [1.54, 1.807) is 4.90 Å². The van der Waals surface area contributed by atoms with Crippen LogP contribution in [0.3, 0.4) is 0 Å². The normalized spacial score (nSPS) is 15.0. The van der Waals surface area contributed by atoms with Crippen molar-refractivity contribution < 1.29 is 24.3 Å². The number of aryl methyl sites for hydroxylation is 1. The smallest absolute Gasteiger partial charge is 0.324 e. The summed E-state index contributed by atoms with van der Waals surface area (Å²) < 4.78 is 0. The molecule has 2 aliphatic heterocycles. The maximum absolute atomic E-state index is 12.5. The number of piperazine rings is 1. The number of urea groups is 4. The van der Waals surface area contributed by atoms with Gasteiger partial charge < -0.3 is 48.9 Å². The van der Waals surface area contributed by atoms with E-state index in [1.165, 1.54) is 34.5 Å². The molecule has 3 fully saturated rings. The highest BCUT2D eigenvalue weighted by molar-refractivity contribution is 5.98. The number of nitrogens with zero attached hydrogens (tertiary/aromatic N) is 7. The van der Waals surface area contributed by atoms with E-state index >= 15 is 0 Å². The van der Waals surface area contributed by atoms with Crippen molar-refractivity contribution >= 4 is 80.3 Å². The average molecular weight is 1480 g/mol. The van der Waals surface area contributed by atoms with Gasteiger partial charge in [0.2, 0.25) is 0 Å². The first-order chi connectivity index (χ1) is 53.5. The molecule has 0 spiro atoms. The Morgan fingerprint density at radius 3 is 1.35 bits per heavy atom. The predicted octanol–water partition coefficient (Wildman–Crippen LogP) is 12.1. The average Bonchev–Trinajstić information content (AvgIpc) is 0.841. The number of rotatable bonds is 17. The number of likely N-dealkylation sites (tertiary alicyclic amines) is 1. The Labute approximate surface area is 644 Å². The lowest BCUT2D eigenvalue weighted by Gasteiger charge is -2.34. The van der Waals surface area contributed by atoms with E-state index in [0.717, 1.165) is 139 Å². The molecular weight excluding hydrogens is 1380 g/mol. The fourth-order valence-corrected chi connectivity index (χ4v) is 13.4. The van der Waals surface area contributed by atoms with E-state index < -0.39 is 11.6 Å². The molecule has 16 N–H and O–H groups in total. The molecule has 13 rings (SSSR count). The van der Waals surface area contributed by atoms with Crippen LogP contribution in [0.2, 0.25) is 0 Å². The van der Waals surface area contributed by atoms with Gasteiger partial charge in [0.15, 0.2) is 23.8 Å². The van der Waals surface area contributed by atoms with Crippen LogP contribution in [0.1, 0.15) is 83.9 Å². The summed E-state index contributed by atoms with van der Waals surface area (Å²) in [6.45, 7) is 11.7. The van der Waals surface area contributed by atoms with E-state index in [4.69, 9.17) is 22.9 Å². The van der Waals surface area contributed by atoms with Gasteiger partial charge in [0.1, 0.15) is 0 Å². The van der Waals surface area contributed by atoms with Crippen molar-refractivity contribution in [2.24, 2.45) is 48.8 Å². The van der Waals surface area contributed by atoms with Crippen molar-refractivity contribution in [3.63, 3.8) is 0 Å². The number of piperidine rings is 1. The summed E-state index contributed by atoms with van der Waals surface area (Å²) in [6.07, 6.45) is 6.73. The van der Waals surface area contributed by atoms with E-state index in [2.05, 4.69) is 183 Å². The molecule has 0 atom stereocenters. The second-order valence-electron chi connectivity index (χ2n) is 27.8. The van der Waals surface area contributed by atoms with Crippen LogP contribution in [0.5, 0.6) is 0 Å². The van der Waals surface area contributed by atoms with Gasteiger partial charge >= 0.3 is 24.1 Å². The number of hydrogen-bond donors (Lipinski definition) is 12. The number of carbonyl (C=O) groups excluding carboxylic acids is 4. The second kappa shape index (κ2) is 41.8. The van der Waals surface area contributed by atoms with E-state index in [0.29, 0.717) is 51.7 Å². The highest BCUT2D eigenvalue weighted by Crippen LogP contribution is 2.28. The van der Waals surface area contributed by atoms with Crippen LogP contribution in [0.15, 0.2) is 257 Å². The monoisotopic (exact) mass is 1480 g/mol. The highest BCUT2D eigenvalue weighted by atomic mass is 16.3. The highest BCUT2D eigenvalue weighted by Gasteiger charge is 2.30. The third-order valence-corrected chi connectivity index (χ3v) is 19.6. The van der Waals surface area contributed by atoms with E-state index in [9.17, 15) is 24.3 Å². The summed E-state index contributed by atoms with van der Waals surface area (Å²) in [5.74, 6) is 0.928. The summed E-state index contributed by atoms with van der Waals surface area (Å²) in [5.41, 5.74) is 33.0. The zero-order chi connectivity index (χ0) is 77.3. The Morgan fingerprint density at radius 1 is 0.427 bits per heavy atom. The van der Waals surface area contributed by atoms with Gasteiger partial charge in [0, 0.05) is 59.4 Å². The summed E-state index contributed by atoms with van der Waals surface area (Å²) in [7, 11) is 1.52. The largest absolute Gasteiger partial charge is 0.388 e. The molecule has 110 heavy (non-hydrogen) atoms. The maximum Gasteiger partial charge on any atom is 0.324 e. The summed E-state index contributed by atoms with van der Waals surface area (Å²) >= 11 is 0. The fourth-order valence-electron chi connectivity index (χ4n) is 13.4. The molecule has 0 bridgehead atoms. The number of benzene rings is 10. The van der Waals surface area contributed by atoms with Gasteiger partial charge in [-0.15, -0.1) is 0 Å². The number of fused-ring (bicyclic) bond motifs is 3. The summed E-state index contributed by atoms with van der Waals surface area (Å²) in [4.78, 5) is 71.6. The molecule has 1 aliphatic carbocycles. The number of carbonyl (C=O) groups is 4. The SMILES string of the molecule is CNC(=O)NC(N)=NCc1cccc(-c2ccccc2)c1.Cc1ccc(CN2CCC(CNC(=O)NC(N)=NCc3cccc4ccccc34)CC2)cc1.NC(=NCc1cccc2ccccc12)NC(=O)N1CCN(Cc2ccccc2)CC1.NC(=NCc1cccc2ccccc12)NC(=O)NCC1(O)CCCCC1. The predicted molar refractivity (Wildman–Crippen MR) is 445 cm³/mol. The molecule has 1 saturated carbocycles. The number of guanidine groups is 4. The van der Waals surface area contributed by atoms with Gasteiger partial charge in [-0.2, -0.15) is 0 Å². The molecule has 572 valence electrons. The number of hydrogen-bond acceptors (Lipinski definition) is 11. The van der Waals surface area contributed by atoms with Crippen molar-refractivity contribution in [1.29, 1.82) is 0 Å². The summed E-state index contributed by atoms with van der Waals surface area (Å²) in [6, 6.07) is 78.7. The third kappa shape index (κ3) is 26.1. The van der Waals surface area contributed by atoms with E-state index in [-0.39, 0.29) is 48.5 Å². The molecular formula is C87H104N18O5. The topological polar surface area (TPSA) is 336 Å². The van der Waals surface area contributed by atoms with Crippen molar-refractivity contribution in [1.82, 2.24) is 51.9 Å². The van der Waals surface area contributed by atoms with Crippen LogP contribution in [-0.2, 0) is 39.3 Å². The number of aliphatic imine (C=N–C) groups is 4. The molecule has 10 aromatic rings. The molecule has 8 amide bonds. The molecule has 0 unspecified atom stereocenters. The minimum Gasteiger partial charge on any atom is -0.388 e. The maximum atomic E-state index is 12.5. The van der Waals surface area contributed by atoms with Crippen LogP contribution in [0, 0.1) is 12.8 Å². The second-order valence-corrected chi connectivity index (χ2v) is 27.8. The van der Waals surface area contributed by atoms with Crippen molar-refractivity contribution in [3.05, 3.63) is 276 Å². The Kier molecular flexibility index (Phi) is 30.5. The van der Waals surface area contributed by atoms with Crippen LogP contribution < -0.4 is 60.2 Å². The lowest BCUT2D eigenvalue weighted by Crippen LogP contribution is -2.53. The fraction of sp³-hybridized carbons (Fsp3) is 0.287. The third-order valence-electron chi connectivity index (χ3n) is 19.6. The number of nitrogens with two attached hydrogens (primary N) is 4. The van der Waals surface area contributed by atoms with Crippen molar-refractivity contribution in [3.8, 4) is 11.1 Å². The van der Waals surface area contributed by atoms with Gasteiger partial charge in [-0.05, 0) is 135 Å². The number of amides is 8. The Bertz CT molecular complexity index is 4730. The molecule has 0 aromatic heterocycles. The van der Waals surface area contributed by atoms with Gasteiger partial charge in [0.05, 0.1) is 31.8 Å². The van der Waals surface area contributed by atoms with Crippen LogP contribution in [-0.4, -0.2) is 133 Å². The summed E-state index contributed by atoms with van der Waals surface area (Å²) in [5, 5.41) is 35.7. The molecule has 2 heterocycles. The van der Waals surface area contributed by atoms with Crippen LogP contribution >= 0.6 is 0 Å². The number of aliphatic hydroxyl groups is 1. The number of nitrogens with one attached hydrogen (secondary N) is 7.